The Bertz CT molecular complexity index is 278. The maximum Gasteiger partial charge on any atom is 0.305 e. The number of carboxylic acids is 1. The molecule has 2 atom stereocenters. The van der Waals surface area contributed by atoms with Crippen LogP contribution in [0.2, 0.25) is 0 Å². The predicted octanol–water partition coefficient (Wildman–Crippen LogP) is 2.14. The van der Waals surface area contributed by atoms with E-state index in [9.17, 15) is 9.59 Å². The van der Waals surface area contributed by atoms with E-state index in [-0.39, 0.29) is 12.3 Å². The summed E-state index contributed by atoms with van der Waals surface area (Å²) < 4.78 is 0. The molecule has 0 aromatic carbocycles. The normalized spacial score (nSPS) is 24.4. The van der Waals surface area contributed by atoms with Gasteiger partial charge < -0.3 is 10.0 Å². The van der Waals surface area contributed by atoms with Gasteiger partial charge in [0, 0.05) is 20.0 Å². The lowest BCUT2D eigenvalue weighted by Crippen LogP contribution is -2.31. The van der Waals surface area contributed by atoms with Gasteiger partial charge in [0.1, 0.15) is 0 Å². The van der Waals surface area contributed by atoms with Crippen LogP contribution in [0, 0.1) is 11.8 Å². The van der Waals surface area contributed by atoms with Gasteiger partial charge in [-0.25, -0.2) is 0 Å². The van der Waals surface area contributed by atoms with Crippen LogP contribution < -0.4 is 0 Å². The first kappa shape index (κ1) is 14.0. The summed E-state index contributed by atoms with van der Waals surface area (Å²) >= 11 is 0. The molecule has 0 bridgehead atoms. The van der Waals surface area contributed by atoms with Crippen molar-refractivity contribution in [2.24, 2.45) is 11.8 Å². The van der Waals surface area contributed by atoms with Crippen molar-refractivity contribution in [1.29, 1.82) is 0 Å². The fourth-order valence-corrected chi connectivity index (χ4v) is 2.54. The minimum Gasteiger partial charge on any atom is -0.481 e. The van der Waals surface area contributed by atoms with Crippen molar-refractivity contribution in [3.05, 3.63) is 0 Å². The van der Waals surface area contributed by atoms with Crippen LogP contribution in [0.5, 0.6) is 0 Å². The van der Waals surface area contributed by atoms with E-state index in [0.29, 0.717) is 18.9 Å². The molecular formula is C13H23NO3. The highest BCUT2D eigenvalue weighted by Gasteiger charge is 2.22. The summed E-state index contributed by atoms with van der Waals surface area (Å²) in [6.07, 6.45) is 5.39. The Morgan fingerprint density at radius 1 is 1.35 bits per heavy atom. The Balaban J connectivity index is 2.29. The van der Waals surface area contributed by atoms with Crippen molar-refractivity contribution in [1.82, 2.24) is 4.90 Å². The zero-order valence-electron chi connectivity index (χ0n) is 10.8. The van der Waals surface area contributed by atoms with Crippen LogP contribution in [-0.4, -0.2) is 35.5 Å². The summed E-state index contributed by atoms with van der Waals surface area (Å²) in [5, 5.41) is 8.56. The molecule has 0 heterocycles. The van der Waals surface area contributed by atoms with Gasteiger partial charge in [-0.1, -0.05) is 19.8 Å². The summed E-state index contributed by atoms with van der Waals surface area (Å²) in [6.45, 7) is 2.56. The standard InChI is InChI=1S/C13H23NO3/c1-10-4-3-5-11(8-10)9-12(15)14(2)7-6-13(16)17/h10-11H,3-9H2,1-2H3,(H,16,17). The average molecular weight is 241 g/mol. The Labute approximate surface area is 103 Å². The molecule has 1 fully saturated rings. The van der Waals surface area contributed by atoms with Gasteiger partial charge in [0.25, 0.3) is 0 Å². The molecule has 98 valence electrons. The van der Waals surface area contributed by atoms with Gasteiger partial charge in [0.2, 0.25) is 5.91 Å². The van der Waals surface area contributed by atoms with E-state index in [1.54, 1.807) is 11.9 Å². The SMILES string of the molecule is CC1CCCC(CC(=O)N(C)CCC(=O)O)C1. The van der Waals surface area contributed by atoms with Crippen molar-refractivity contribution in [3.63, 3.8) is 0 Å². The molecule has 0 radical (unpaired) electrons. The van der Waals surface area contributed by atoms with Crippen LogP contribution in [0.1, 0.15) is 45.4 Å². The highest BCUT2D eigenvalue weighted by Crippen LogP contribution is 2.30. The van der Waals surface area contributed by atoms with E-state index < -0.39 is 5.97 Å². The van der Waals surface area contributed by atoms with Gasteiger partial charge in [-0.15, -0.1) is 0 Å². The molecule has 0 aromatic rings. The molecule has 0 spiro atoms. The second-order valence-electron chi connectivity index (χ2n) is 5.30. The molecule has 0 aromatic heterocycles. The number of rotatable bonds is 5. The zero-order chi connectivity index (χ0) is 12.8. The number of carbonyl (C=O) groups is 2. The van der Waals surface area contributed by atoms with E-state index in [0.717, 1.165) is 18.8 Å². The Morgan fingerprint density at radius 3 is 2.65 bits per heavy atom. The van der Waals surface area contributed by atoms with Crippen molar-refractivity contribution in [2.75, 3.05) is 13.6 Å². The van der Waals surface area contributed by atoms with Gasteiger partial charge in [0.15, 0.2) is 0 Å². The third-order valence-electron chi connectivity index (χ3n) is 3.60. The smallest absolute Gasteiger partial charge is 0.305 e. The van der Waals surface area contributed by atoms with Crippen LogP contribution in [0.3, 0.4) is 0 Å². The third kappa shape index (κ3) is 5.20. The number of nitrogens with zero attached hydrogens (tertiary/aromatic N) is 1. The Kier molecular flexibility index (Phi) is 5.45. The molecule has 1 amide bonds. The molecule has 1 aliphatic rings. The van der Waals surface area contributed by atoms with E-state index in [4.69, 9.17) is 5.11 Å². The maximum absolute atomic E-state index is 11.9. The quantitative estimate of drug-likeness (QED) is 0.802. The lowest BCUT2D eigenvalue weighted by Gasteiger charge is -2.27. The molecule has 0 saturated heterocycles. The molecular weight excluding hydrogens is 218 g/mol. The van der Waals surface area contributed by atoms with Crippen LogP contribution in [-0.2, 0) is 9.59 Å². The molecule has 17 heavy (non-hydrogen) atoms. The Hall–Kier alpha value is -1.06. The monoisotopic (exact) mass is 241 g/mol. The second kappa shape index (κ2) is 6.62. The van der Waals surface area contributed by atoms with E-state index in [1.165, 1.54) is 12.8 Å². The van der Waals surface area contributed by atoms with Crippen LogP contribution in [0.4, 0.5) is 0 Å². The number of carboxylic acid groups (broad SMARTS) is 1. The summed E-state index contributed by atoms with van der Waals surface area (Å²) in [5.41, 5.74) is 0. The number of aliphatic carboxylic acids is 1. The van der Waals surface area contributed by atoms with Crippen molar-refractivity contribution in [3.8, 4) is 0 Å². The number of carbonyl (C=O) groups excluding carboxylic acids is 1. The van der Waals surface area contributed by atoms with Crippen LogP contribution in [0.15, 0.2) is 0 Å². The summed E-state index contributed by atoms with van der Waals surface area (Å²) in [4.78, 5) is 23.8. The van der Waals surface area contributed by atoms with Gasteiger partial charge in [0.05, 0.1) is 6.42 Å². The predicted molar refractivity (Wildman–Crippen MR) is 65.6 cm³/mol. The molecule has 4 heteroatoms. The summed E-state index contributed by atoms with van der Waals surface area (Å²) in [7, 11) is 1.69. The molecule has 1 saturated carbocycles. The molecule has 0 aliphatic heterocycles. The van der Waals surface area contributed by atoms with Gasteiger partial charge in [-0.2, -0.15) is 0 Å². The molecule has 1 aliphatic carbocycles. The van der Waals surface area contributed by atoms with E-state index >= 15 is 0 Å². The first-order valence-corrected chi connectivity index (χ1v) is 6.44. The van der Waals surface area contributed by atoms with Crippen molar-refractivity contribution >= 4 is 11.9 Å². The minimum absolute atomic E-state index is 0.0311. The van der Waals surface area contributed by atoms with E-state index in [2.05, 4.69) is 6.92 Å². The third-order valence-corrected chi connectivity index (χ3v) is 3.60. The lowest BCUT2D eigenvalue weighted by molar-refractivity contribution is -0.138. The zero-order valence-corrected chi connectivity index (χ0v) is 10.8. The van der Waals surface area contributed by atoms with Gasteiger partial charge in [-0.3, -0.25) is 9.59 Å². The summed E-state index contributed by atoms with van der Waals surface area (Å²) in [6, 6.07) is 0. The maximum atomic E-state index is 11.9. The fourth-order valence-electron chi connectivity index (χ4n) is 2.54. The highest BCUT2D eigenvalue weighted by atomic mass is 16.4. The lowest BCUT2D eigenvalue weighted by atomic mass is 9.80. The topological polar surface area (TPSA) is 57.6 Å². The van der Waals surface area contributed by atoms with Crippen LogP contribution >= 0.6 is 0 Å². The molecule has 4 nitrogen and oxygen atoms in total. The number of hydrogen-bond donors (Lipinski definition) is 1. The molecule has 1 N–H and O–H groups in total. The van der Waals surface area contributed by atoms with Crippen molar-refractivity contribution in [2.45, 2.75) is 45.4 Å². The summed E-state index contributed by atoms with van der Waals surface area (Å²) in [5.74, 6) is 0.464. The number of amides is 1. The van der Waals surface area contributed by atoms with Gasteiger partial charge >= 0.3 is 5.97 Å². The first-order valence-electron chi connectivity index (χ1n) is 6.44. The fraction of sp³-hybridized carbons (Fsp3) is 0.846. The first-order chi connectivity index (χ1) is 7.99. The minimum atomic E-state index is -0.851. The Morgan fingerprint density at radius 2 is 2.06 bits per heavy atom. The molecule has 1 rings (SSSR count). The molecule has 2 unspecified atom stereocenters. The largest absolute Gasteiger partial charge is 0.481 e. The van der Waals surface area contributed by atoms with Crippen LogP contribution in [0.25, 0.3) is 0 Å². The highest BCUT2D eigenvalue weighted by molar-refractivity contribution is 5.77. The second-order valence-corrected chi connectivity index (χ2v) is 5.30. The van der Waals surface area contributed by atoms with E-state index in [1.807, 2.05) is 0 Å². The van der Waals surface area contributed by atoms with Crippen molar-refractivity contribution < 1.29 is 14.7 Å². The van der Waals surface area contributed by atoms with Gasteiger partial charge in [-0.05, 0) is 24.7 Å². The number of hydrogen-bond acceptors (Lipinski definition) is 2. The average Bonchev–Trinajstić information content (AvgIpc) is 2.25.